The predicted molar refractivity (Wildman–Crippen MR) is 60.5 cm³/mol. The average Bonchev–Trinajstić information content (AvgIpc) is 2.15. The normalized spacial score (nSPS) is 10.3. The summed E-state index contributed by atoms with van der Waals surface area (Å²) in [6, 6.07) is 0.0713. The molecule has 88 valence electrons. The van der Waals surface area contributed by atoms with Crippen LogP contribution in [0.15, 0.2) is 0 Å². The van der Waals surface area contributed by atoms with E-state index in [1.807, 2.05) is 27.7 Å². The fraction of sp³-hybridized carbons (Fsp3) is 0.818. The molecule has 0 heterocycles. The van der Waals surface area contributed by atoms with Gasteiger partial charge in [-0.15, -0.1) is 0 Å². The van der Waals surface area contributed by atoms with Crippen molar-refractivity contribution in [1.82, 2.24) is 9.80 Å². The molecular weight excluding hydrogens is 192 g/mol. The van der Waals surface area contributed by atoms with Crippen molar-refractivity contribution in [2.75, 3.05) is 19.6 Å². The Morgan fingerprint density at radius 2 is 1.60 bits per heavy atom. The van der Waals surface area contributed by atoms with Crippen LogP contribution in [0.25, 0.3) is 0 Å². The standard InChI is InChI=1S/C11H22N2O2/c1-6-12(7-2)11(15)8-13(9(3)4)10(5)14/h9H,6-8H2,1-5H3. The molecule has 0 bridgehead atoms. The van der Waals surface area contributed by atoms with Crippen molar-refractivity contribution in [2.45, 2.75) is 40.7 Å². The van der Waals surface area contributed by atoms with Gasteiger partial charge in [0.05, 0.1) is 6.54 Å². The Morgan fingerprint density at radius 1 is 1.13 bits per heavy atom. The summed E-state index contributed by atoms with van der Waals surface area (Å²) in [5.41, 5.74) is 0. The molecule has 0 atom stereocenters. The molecule has 0 fully saturated rings. The van der Waals surface area contributed by atoms with E-state index in [2.05, 4.69) is 0 Å². The number of hydrogen-bond donors (Lipinski definition) is 0. The topological polar surface area (TPSA) is 40.6 Å². The minimum atomic E-state index is -0.0505. The first-order valence-electron chi connectivity index (χ1n) is 5.48. The van der Waals surface area contributed by atoms with Crippen LogP contribution in [0.1, 0.15) is 34.6 Å². The third-order valence-electron chi connectivity index (χ3n) is 2.45. The Morgan fingerprint density at radius 3 is 1.87 bits per heavy atom. The van der Waals surface area contributed by atoms with Crippen LogP contribution < -0.4 is 0 Å². The van der Waals surface area contributed by atoms with Crippen molar-refractivity contribution in [3.63, 3.8) is 0 Å². The Hall–Kier alpha value is -1.06. The summed E-state index contributed by atoms with van der Waals surface area (Å²) in [6.45, 7) is 10.8. The lowest BCUT2D eigenvalue weighted by molar-refractivity contribution is -0.140. The second kappa shape index (κ2) is 6.43. The van der Waals surface area contributed by atoms with Gasteiger partial charge < -0.3 is 9.80 Å². The number of hydrogen-bond acceptors (Lipinski definition) is 2. The van der Waals surface area contributed by atoms with Crippen molar-refractivity contribution in [1.29, 1.82) is 0 Å². The van der Waals surface area contributed by atoms with E-state index in [0.29, 0.717) is 13.1 Å². The largest absolute Gasteiger partial charge is 0.342 e. The SMILES string of the molecule is CCN(CC)C(=O)CN(C(C)=O)C(C)C. The Labute approximate surface area is 92.2 Å². The van der Waals surface area contributed by atoms with Gasteiger partial charge in [-0.25, -0.2) is 0 Å². The van der Waals surface area contributed by atoms with Gasteiger partial charge in [-0.3, -0.25) is 9.59 Å². The summed E-state index contributed by atoms with van der Waals surface area (Å²) < 4.78 is 0. The minimum absolute atomic E-state index is 0.0175. The summed E-state index contributed by atoms with van der Waals surface area (Å²) in [5.74, 6) is -0.0330. The van der Waals surface area contributed by atoms with Gasteiger partial charge in [0.2, 0.25) is 11.8 Å². The highest BCUT2D eigenvalue weighted by Crippen LogP contribution is 2.00. The van der Waals surface area contributed by atoms with Crippen molar-refractivity contribution >= 4 is 11.8 Å². The highest BCUT2D eigenvalue weighted by molar-refractivity contribution is 5.84. The van der Waals surface area contributed by atoms with Crippen LogP contribution in [0.2, 0.25) is 0 Å². The smallest absolute Gasteiger partial charge is 0.242 e. The summed E-state index contributed by atoms with van der Waals surface area (Å²) in [4.78, 5) is 26.4. The quantitative estimate of drug-likeness (QED) is 0.688. The number of amides is 2. The molecule has 0 N–H and O–H groups in total. The highest BCUT2D eigenvalue weighted by atomic mass is 16.2. The molecule has 0 unspecified atom stereocenters. The monoisotopic (exact) mass is 214 g/mol. The molecule has 4 nitrogen and oxygen atoms in total. The minimum Gasteiger partial charge on any atom is -0.342 e. The third-order valence-corrected chi connectivity index (χ3v) is 2.45. The molecule has 0 spiro atoms. The van der Waals surface area contributed by atoms with E-state index < -0.39 is 0 Å². The Bertz CT molecular complexity index is 223. The van der Waals surface area contributed by atoms with E-state index >= 15 is 0 Å². The van der Waals surface area contributed by atoms with Crippen molar-refractivity contribution in [3.8, 4) is 0 Å². The number of nitrogens with zero attached hydrogens (tertiary/aromatic N) is 2. The summed E-state index contributed by atoms with van der Waals surface area (Å²) in [7, 11) is 0. The van der Waals surface area contributed by atoms with Gasteiger partial charge in [-0.05, 0) is 27.7 Å². The maximum absolute atomic E-state index is 11.8. The van der Waals surface area contributed by atoms with Gasteiger partial charge in [0.1, 0.15) is 0 Å². The molecule has 0 aromatic rings. The molecule has 0 radical (unpaired) electrons. The van der Waals surface area contributed by atoms with Crippen LogP contribution in [0.5, 0.6) is 0 Å². The van der Waals surface area contributed by atoms with Gasteiger partial charge in [-0.1, -0.05) is 0 Å². The molecule has 0 saturated carbocycles. The van der Waals surface area contributed by atoms with Gasteiger partial charge in [0.25, 0.3) is 0 Å². The van der Waals surface area contributed by atoms with Crippen LogP contribution in [-0.4, -0.2) is 47.3 Å². The lowest BCUT2D eigenvalue weighted by Gasteiger charge is -2.28. The molecule has 0 aromatic heterocycles. The predicted octanol–water partition coefficient (Wildman–Crippen LogP) is 1.11. The molecule has 0 aliphatic heterocycles. The van der Waals surface area contributed by atoms with Crippen LogP contribution >= 0.6 is 0 Å². The zero-order valence-corrected chi connectivity index (χ0v) is 10.4. The first kappa shape index (κ1) is 13.9. The second-order valence-electron chi connectivity index (χ2n) is 3.81. The van der Waals surface area contributed by atoms with E-state index in [-0.39, 0.29) is 24.4 Å². The molecule has 0 saturated heterocycles. The van der Waals surface area contributed by atoms with Crippen molar-refractivity contribution in [2.24, 2.45) is 0 Å². The van der Waals surface area contributed by atoms with Gasteiger partial charge >= 0.3 is 0 Å². The number of carbonyl (C=O) groups excluding carboxylic acids is 2. The van der Waals surface area contributed by atoms with Crippen LogP contribution in [0.4, 0.5) is 0 Å². The summed E-state index contributed by atoms with van der Waals surface area (Å²) >= 11 is 0. The molecule has 15 heavy (non-hydrogen) atoms. The fourth-order valence-corrected chi connectivity index (χ4v) is 1.48. The van der Waals surface area contributed by atoms with Gasteiger partial charge in [0, 0.05) is 26.1 Å². The Balaban J connectivity index is 4.41. The molecule has 0 aromatic carbocycles. The second-order valence-corrected chi connectivity index (χ2v) is 3.81. The van der Waals surface area contributed by atoms with E-state index in [1.54, 1.807) is 9.80 Å². The zero-order valence-electron chi connectivity index (χ0n) is 10.4. The van der Waals surface area contributed by atoms with E-state index in [9.17, 15) is 9.59 Å². The van der Waals surface area contributed by atoms with Gasteiger partial charge in [0.15, 0.2) is 0 Å². The van der Waals surface area contributed by atoms with Crippen LogP contribution in [0.3, 0.4) is 0 Å². The average molecular weight is 214 g/mol. The molecule has 2 amide bonds. The summed E-state index contributed by atoms with van der Waals surface area (Å²) in [5, 5.41) is 0. The van der Waals surface area contributed by atoms with Gasteiger partial charge in [-0.2, -0.15) is 0 Å². The highest BCUT2D eigenvalue weighted by Gasteiger charge is 2.19. The van der Waals surface area contributed by atoms with Crippen molar-refractivity contribution < 1.29 is 9.59 Å². The lowest BCUT2D eigenvalue weighted by atomic mass is 10.3. The van der Waals surface area contributed by atoms with E-state index in [0.717, 1.165) is 0 Å². The lowest BCUT2D eigenvalue weighted by Crippen LogP contribution is -2.44. The number of rotatable bonds is 5. The van der Waals surface area contributed by atoms with Crippen LogP contribution in [0, 0.1) is 0 Å². The number of likely N-dealkylation sites (N-methyl/N-ethyl adjacent to an activating group) is 1. The molecule has 0 aliphatic rings. The zero-order chi connectivity index (χ0) is 12.0. The molecular formula is C11H22N2O2. The Kier molecular flexibility index (Phi) is 5.97. The van der Waals surface area contributed by atoms with E-state index in [4.69, 9.17) is 0 Å². The molecule has 0 rings (SSSR count). The number of carbonyl (C=O) groups is 2. The third kappa shape index (κ3) is 4.32. The fourth-order valence-electron chi connectivity index (χ4n) is 1.48. The van der Waals surface area contributed by atoms with Crippen LogP contribution in [-0.2, 0) is 9.59 Å². The van der Waals surface area contributed by atoms with Crippen molar-refractivity contribution in [3.05, 3.63) is 0 Å². The maximum Gasteiger partial charge on any atom is 0.242 e. The first-order chi connectivity index (χ1) is 6.93. The maximum atomic E-state index is 11.8. The van der Waals surface area contributed by atoms with E-state index in [1.165, 1.54) is 6.92 Å². The summed E-state index contributed by atoms with van der Waals surface area (Å²) in [6.07, 6.45) is 0. The molecule has 0 aliphatic carbocycles. The first-order valence-corrected chi connectivity index (χ1v) is 5.48. The molecule has 4 heteroatoms.